The molecule has 13 heavy (non-hydrogen) atoms. The van der Waals surface area contributed by atoms with Crippen LogP contribution in [0.2, 0.25) is 0 Å². The molecular formula is C8H5F3IO. The van der Waals surface area contributed by atoms with Gasteiger partial charge < -0.3 is 5.11 Å². The number of benzene rings is 1. The largest absolute Gasteiger partial charge is 0.417 e. The normalized spacial score (nSPS) is 11.8. The number of alkyl halides is 3. The van der Waals surface area contributed by atoms with E-state index in [2.05, 4.69) is 0 Å². The van der Waals surface area contributed by atoms with Crippen molar-refractivity contribution in [2.45, 2.75) is 6.18 Å². The molecule has 1 radical (unpaired) electrons. The molecule has 0 spiro atoms. The van der Waals surface area contributed by atoms with Gasteiger partial charge in [0.1, 0.15) is 6.61 Å². The van der Waals surface area contributed by atoms with Crippen LogP contribution in [0.1, 0.15) is 11.1 Å². The van der Waals surface area contributed by atoms with Crippen LogP contribution < -0.4 is 0 Å². The summed E-state index contributed by atoms with van der Waals surface area (Å²) in [5.41, 5.74) is -0.580. The van der Waals surface area contributed by atoms with Gasteiger partial charge in [0, 0.05) is 3.57 Å². The van der Waals surface area contributed by atoms with Gasteiger partial charge in [-0.2, -0.15) is 13.2 Å². The SMILES string of the molecule is O[CH]c1ccc(I)c(C(F)(F)F)c1. The van der Waals surface area contributed by atoms with Gasteiger partial charge >= 0.3 is 6.18 Å². The fourth-order valence-electron chi connectivity index (χ4n) is 0.840. The third-order valence-electron chi connectivity index (χ3n) is 1.44. The van der Waals surface area contributed by atoms with Crippen molar-refractivity contribution in [2.24, 2.45) is 0 Å². The Balaban J connectivity index is 3.19. The van der Waals surface area contributed by atoms with Crippen LogP contribution in [-0.4, -0.2) is 5.11 Å². The van der Waals surface area contributed by atoms with Gasteiger partial charge in [0.15, 0.2) is 0 Å². The summed E-state index contributed by atoms with van der Waals surface area (Å²) >= 11 is 1.60. The fourth-order valence-corrected chi connectivity index (χ4v) is 1.48. The maximum Gasteiger partial charge on any atom is 0.417 e. The molecule has 1 nitrogen and oxygen atoms in total. The predicted octanol–water partition coefficient (Wildman–Crippen LogP) is 3.19. The zero-order chi connectivity index (χ0) is 10.1. The molecule has 0 aliphatic rings. The van der Waals surface area contributed by atoms with Crippen molar-refractivity contribution >= 4 is 22.6 Å². The number of aliphatic hydroxyl groups excluding tert-OH is 1. The summed E-state index contributed by atoms with van der Waals surface area (Å²) in [5, 5.41) is 8.52. The molecule has 0 bridgehead atoms. The summed E-state index contributed by atoms with van der Waals surface area (Å²) in [4.78, 5) is 0. The van der Waals surface area contributed by atoms with E-state index in [-0.39, 0.29) is 9.13 Å². The summed E-state index contributed by atoms with van der Waals surface area (Å²) in [6.07, 6.45) is -4.37. The van der Waals surface area contributed by atoms with E-state index >= 15 is 0 Å². The summed E-state index contributed by atoms with van der Waals surface area (Å²) in [6.45, 7) is 0.644. The van der Waals surface area contributed by atoms with Gasteiger partial charge in [-0.1, -0.05) is 6.07 Å². The van der Waals surface area contributed by atoms with Crippen molar-refractivity contribution in [1.29, 1.82) is 0 Å². The lowest BCUT2D eigenvalue weighted by atomic mass is 10.1. The van der Waals surface area contributed by atoms with Crippen molar-refractivity contribution in [1.82, 2.24) is 0 Å². The van der Waals surface area contributed by atoms with E-state index in [0.29, 0.717) is 6.61 Å². The van der Waals surface area contributed by atoms with Crippen LogP contribution in [-0.2, 0) is 6.18 Å². The zero-order valence-electron chi connectivity index (χ0n) is 6.27. The fraction of sp³-hybridized carbons (Fsp3) is 0.125. The van der Waals surface area contributed by atoms with Crippen molar-refractivity contribution < 1.29 is 18.3 Å². The molecule has 0 aliphatic heterocycles. The average molecular weight is 301 g/mol. The van der Waals surface area contributed by atoms with E-state index in [0.717, 1.165) is 6.07 Å². The van der Waals surface area contributed by atoms with Gasteiger partial charge in [-0.05, 0) is 40.3 Å². The first-order valence-electron chi connectivity index (χ1n) is 3.29. The molecule has 0 unspecified atom stereocenters. The molecule has 0 saturated heterocycles. The highest BCUT2D eigenvalue weighted by atomic mass is 127. The number of hydrogen-bond donors (Lipinski definition) is 1. The van der Waals surface area contributed by atoms with Crippen molar-refractivity contribution in [2.75, 3.05) is 0 Å². The second kappa shape index (κ2) is 3.83. The minimum Gasteiger partial charge on any atom is -0.385 e. The standard InChI is InChI=1S/C8H5F3IO/c9-8(10,11)6-3-5(4-13)1-2-7(6)12/h1-4,13H. The Hall–Kier alpha value is -0.300. The molecule has 0 amide bonds. The first-order chi connectivity index (χ1) is 5.95. The highest BCUT2D eigenvalue weighted by Crippen LogP contribution is 2.33. The lowest BCUT2D eigenvalue weighted by Gasteiger charge is -2.09. The smallest absolute Gasteiger partial charge is 0.385 e. The van der Waals surface area contributed by atoms with Gasteiger partial charge in [-0.15, -0.1) is 0 Å². The van der Waals surface area contributed by atoms with Gasteiger partial charge in [0.2, 0.25) is 0 Å². The summed E-state index contributed by atoms with van der Waals surface area (Å²) in [5.74, 6) is 0. The van der Waals surface area contributed by atoms with Crippen LogP contribution in [0.5, 0.6) is 0 Å². The van der Waals surface area contributed by atoms with E-state index < -0.39 is 11.7 Å². The van der Waals surface area contributed by atoms with E-state index in [1.165, 1.54) is 12.1 Å². The third-order valence-corrected chi connectivity index (χ3v) is 2.39. The molecule has 1 N–H and O–H groups in total. The number of hydrogen-bond acceptors (Lipinski definition) is 1. The van der Waals surface area contributed by atoms with Gasteiger partial charge in [0.05, 0.1) is 5.56 Å². The summed E-state index contributed by atoms with van der Waals surface area (Å²) in [6, 6.07) is 3.63. The Morgan fingerprint density at radius 1 is 1.31 bits per heavy atom. The van der Waals surface area contributed by atoms with Crippen LogP contribution in [0, 0.1) is 10.2 Å². The number of halogens is 4. The topological polar surface area (TPSA) is 20.2 Å². The van der Waals surface area contributed by atoms with Crippen LogP contribution in [0.15, 0.2) is 18.2 Å². The lowest BCUT2D eigenvalue weighted by molar-refractivity contribution is -0.138. The monoisotopic (exact) mass is 301 g/mol. The Labute approximate surface area is 86.7 Å². The summed E-state index contributed by atoms with van der Waals surface area (Å²) in [7, 11) is 0. The Morgan fingerprint density at radius 3 is 2.38 bits per heavy atom. The van der Waals surface area contributed by atoms with Crippen LogP contribution >= 0.6 is 22.6 Å². The van der Waals surface area contributed by atoms with E-state index in [1.807, 2.05) is 0 Å². The lowest BCUT2D eigenvalue weighted by Crippen LogP contribution is -2.07. The maximum atomic E-state index is 12.3. The molecule has 1 aromatic rings. The second-order valence-corrected chi connectivity index (χ2v) is 3.53. The Morgan fingerprint density at radius 2 is 1.92 bits per heavy atom. The second-order valence-electron chi connectivity index (χ2n) is 2.37. The van der Waals surface area contributed by atoms with Gasteiger partial charge in [-0.3, -0.25) is 0 Å². The van der Waals surface area contributed by atoms with Gasteiger partial charge in [-0.25, -0.2) is 0 Å². The van der Waals surface area contributed by atoms with Crippen molar-refractivity contribution in [3.05, 3.63) is 39.5 Å². The molecular weight excluding hydrogens is 296 g/mol. The van der Waals surface area contributed by atoms with Crippen LogP contribution in [0.25, 0.3) is 0 Å². The first kappa shape index (κ1) is 10.8. The first-order valence-corrected chi connectivity index (χ1v) is 4.37. The average Bonchev–Trinajstić information content (AvgIpc) is 2.03. The summed E-state index contributed by atoms with van der Waals surface area (Å²) < 4.78 is 36.9. The third kappa shape index (κ3) is 2.57. The highest BCUT2D eigenvalue weighted by Gasteiger charge is 2.32. The molecule has 1 aromatic carbocycles. The molecule has 0 fully saturated rings. The van der Waals surface area contributed by atoms with Crippen molar-refractivity contribution in [3.63, 3.8) is 0 Å². The zero-order valence-corrected chi connectivity index (χ0v) is 8.43. The molecule has 0 aromatic heterocycles. The predicted molar refractivity (Wildman–Crippen MR) is 49.5 cm³/mol. The number of aliphatic hydroxyl groups is 1. The van der Waals surface area contributed by atoms with E-state index in [1.54, 1.807) is 22.6 Å². The molecule has 71 valence electrons. The van der Waals surface area contributed by atoms with E-state index in [4.69, 9.17) is 5.11 Å². The van der Waals surface area contributed by atoms with Gasteiger partial charge in [0.25, 0.3) is 0 Å². The molecule has 0 saturated carbocycles. The van der Waals surface area contributed by atoms with Crippen LogP contribution in [0.3, 0.4) is 0 Å². The van der Waals surface area contributed by atoms with Crippen molar-refractivity contribution in [3.8, 4) is 0 Å². The minimum absolute atomic E-state index is 0.121. The Bertz CT molecular complexity index is 309. The molecule has 5 heteroatoms. The van der Waals surface area contributed by atoms with Crippen LogP contribution in [0.4, 0.5) is 13.2 Å². The molecule has 0 atom stereocenters. The Kier molecular flexibility index (Phi) is 3.18. The number of rotatable bonds is 1. The van der Waals surface area contributed by atoms with E-state index in [9.17, 15) is 13.2 Å². The molecule has 0 aliphatic carbocycles. The molecule has 1 rings (SSSR count). The highest BCUT2D eigenvalue weighted by molar-refractivity contribution is 14.1. The maximum absolute atomic E-state index is 12.3. The quantitative estimate of drug-likeness (QED) is 0.790. The minimum atomic E-state index is -4.37. The molecule has 0 heterocycles.